The molecule has 1 aliphatic heterocycles. The van der Waals surface area contributed by atoms with Crippen molar-refractivity contribution in [3.05, 3.63) is 28.8 Å². The molecule has 23 heavy (non-hydrogen) atoms. The summed E-state index contributed by atoms with van der Waals surface area (Å²) in [6.07, 6.45) is 1.68. The Bertz CT molecular complexity index is 629. The predicted octanol–water partition coefficient (Wildman–Crippen LogP) is 4.01. The van der Waals surface area contributed by atoms with Crippen molar-refractivity contribution >= 4 is 5.91 Å². The fourth-order valence-corrected chi connectivity index (χ4v) is 3.05. The van der Waals surface area contributed by atoms with E-state index in [9.17, 15) is 9.90 Å². The van der Waals surface area contributed by atoms with Crippen LogP contribution in [0.1, 0.15) is 73.9 Å². The second-order valence-corrected chi connectivity index (χ2v) is 7.04. The lowest BCUT2D eigenvalue weighted by atomic mass is 9.91. The molecule has 1 aromatic rings. The van der Waals surface area contributed by atoms with E-state index in [1.54, 1.807) is 4.90 Å². The monoisotopic (exact) mass is 314 g/mol. The van der Waals surface area contributed by atoms with Crippen LogP contribution in [0.2, 0.25) is 0 Å². The van der Waals surface area contributed by atoms with Crippen molar-refractivity contribution in [2.24, 2.45) is 5.92 Å². The number of hydrogen-bond donors (Lipinski definition) is 1. The smallest absolute Gasteiger partial charge is 0.257 e. The van der Waals surface area contributed by atoms with Gasteiger partial charge in [0.25, 0.3) is 5.91 Å². The molecule has 0 unspecified atom stereocenters. The zero-order valence-electron chi connectivity index (χ0n) is 14.5. The SMILES string of the molecule is CC(C)c1cc(C(=O)N2CCC[C@H](C#N)C2)c(O)c(C(C)C)c1. The predicted molar refractivity (Wildman–Crippen MR) is 90.5 cm³/mol. The lowest BCUT2D eigenvalue weighted by Gasteiger charge is -2.30. The molecule has 4 nitrogen and oxygen atoms in total. The number of benzene rings is 1. The average molecular weight is 314 g/mol. The van der Waals surface area contributed by atoms with Crippen LogP contribution >= 0.6 is 0 Å². The van der Waals surface area contributed by atoms with E-state index in [2.05, 4.69) is 19.9 Å². The van der Waals surface area contributed by atoms with Crippen LogP contribution in [0, 0.1) is 17.2 Å². The second kappa shape index (κ2) is 7.04. The average Bonchev–Trinajstić information content (AvgIpc) is 2.53. The highest BCUT2D eigenvalue weighted by atomic mass is 16.3. The van der Waals surface area contributed by atoms with Gasteiger partial charge in [0.1, 0.15) is 5.75 Å². The van der Waals surface area contributed by atoms with E-state index < -0.39 is 0 Å². The number of nitriles is 1. The molecule has 1 amide bonds. The van der Waals surface area contributed by atoms with Gasteiger partial charge in [0.2, 0.25) is 0 Å². The molecule has 1 heterocycles. The maximum atomic E-state index is 12.9. The van der Waals surface area contributed by atoms with Crippen LogP contribution in [0.25, 0.3) is 0 Å². The Morgan fingerprint density at radius 2 is 2.00 bits per heavy atom. The molecule has 4 heteroatoms. The highest BCUT2D eigenvalue weighted by Gasteiger charge is 2.27. The van der Waals surface area contributed by atoms with Crippen LogP contribution in [0.5, 0.6) is 5.75 Å². The number of rotatable bonds is 3. The minimum Gasteiger partial charge on any atom is -0.507 e. The van der Waals surface area contributed by atoms with Crippen molar-refractivity contribution in [1.82, 2.24) is 4.90 Å². The van der Waals surface area contributed by atoms with Crippen molar-refractivity contribution in [1.29, 1.82) is 5.26 Å². The fourth-order valence-electron chi connectivity index (χ4n) is 3.05. The van der Waals surface area contributed by atoms with E-state index >= 15 is 0 Å². The number of piperidine rings is 1. The lowest BCUT2D eigenvalue weighted by molar-refractivity contribution is 0.0695. The second-order valence-electron chi connectivity index (χ2n) is 7.04. The third-order valence-electron chi connectivity index (χ3n) is 4.57. The molecule has 1 saturated heterocycles. The lowest BCUT2D eigenvalue weighted by Crippen LogP contribution is -2.39. The van der Waals surface area contributed by atoms with E-state index in [1.807, 2.05) is 26.0 Å². The van der Waals surface area contributed by atoms with Gasteiger partial charge in [-0.15, -0.1) is 0 Å². The van der Waals surface area contributed by atoms with Gasteiger partial charge in [-0.3, -0.25) is 4.79 Å². The zero-order valence-corrected chi connectivity index (χ0v) is 14.5. The molecule has 0 saturated carbocycles. The third-order valence-corrected chi connectivity index (χ3v) is 4.57. The number of amides is 1. The first kappa shape index (κ1) is 17.3. The van der Waals surface area contributed by atoms with E-state index in [1.165, 1.54) is 0 Å². The zero-order chi connectivity index (χ0) is 17.1. The molecule has 1 aromatic carbocycles. The van der Waals surface area contributed by atoms with E-state index in [0.29, 0.717) is 18.7 Å². The van der Waals surface area contributed by atoms with Crippen molar-refractivity contribution in [3.8, 4) is 11.8 Å². The van der Waals surface area contributed by atoms with Gasteiger partial charge in [0, 0.05) is 13.1 Å². The van der Waals surface area contributed by atoms with Crippen LogP contribution < -0.4 is 0 Å². The molecule has 2 rings (SSSR count). The molecule has 1 N–H and O–H groups in total. The number of nitrogens with zero attached hydrogens (tertiary/aromatic N) is 2. The third kappa shape index (κ3) is 3.67. The van der Waals surface area contributed by atoms with Gasteiger partial charge >= 0.3 is 0 Å². The number of hydrogen-bond acceptors (Lipinski definition) is 3. The van der Waals surface area contributed by atoms with Crippen LogP contribution in [0.3, 0.4) is 0 Å². The summed E-state index contributed by atoms with van der Waals surface area (Å²) in [6.45, 7) is 9.30. The minimum atomic E-state index is -0.160. The van der Waals surface area contributed by atoms with Crippen LogP contribution in [-0.4, -0.2) is 29.0 Å². The van der Waals surface area contributed by atoms with E-state index in [-0.39, 0.29) is 29.4 Å². The summed E-state index contributed by atoms with van der Waals surface area (Å²) in [4.78, 5) is 14.6. The first-order valence-corrected chi connectivity index (χ1v) is 8.40. The van der Waals surface area contributed by atoms with Gasteiger partial charge in [0.05, 0.1) is 17.6 Å². The molecule has 1 aliphatic rings. The normalized spacial score (nSPS) is 18.3. The van der Waals surface area contributed by atoms with Crippen LogP contribution in [0.15, 0.2) is 12.1 Å². The number of phenols is 1. The van der Waals surface area contributed by atoms with Gasteiger partial charge in [0.15, 0.2) is 0 Å². The topological polar surface area (TPSA) is 64.3 Å². The standard InChI is InChI=1S/C19H26N2O2/c1-12(2)15-8-16(13(3)4)18(22)17(9-15)19(23)21-7-5-6-14(10-20)11-21/h8-9,12-14,22H,5-7,11H2,1-4H3/t14-/m1/s1. The number of carbonyl (C=O) groups is 1. The van der Waals surface area contributed by atoms with Crippen molar-refractivity contribution in [2.45, 2.75) is 52.4 Å². The van der Waals surface area contributed by atoms with E-state index in [0.717, 1.165) is 24.0 Å². The van der Waals surface area contributed by atoms with E-state index in [4.69, 9.17) is 5.26 Å². The van der Waals surface area contributed by atoms with Gasteiger partial charge < -0.3 is 10.0 Å². The Labute approximate surface area is 138 Å². The Hall–Kier alpha value is -2.02. The summed E-state index contributed by atoms with van der Waals surface area (Å²) in [5.41, 5.74) is 2.25. The highest BCUT2D eigenvalue weighted by molar-refractivity contribution is 5.97. The van der Waals surface area contributed by atoms with Gasteiger partial charge in [-0.1, -0.05) is 33.8 Å². The summed E-state index contributed by atoms with van der Waals surface area (Å²) in [5.74, 6) is 0.259. The molecule has 0 bridgehead atoms. The van der Waals surface area contributed by atoms with Crippen LogP contribution in [0.4, 0.5) is 0 Å². The maximum Gasteiger partial charge on any atom is 0.257 e. The fraction of sp³-hybridized carbons (Fsp3) is 0.579. The first-order valence-electron chi connectivity index (χ1n) is 8.40. The molecular formula is C19H26N2O2. The van der Waals surface area contributed by atoms with Crippen molar-refractivity contribution < 1.29 is 9.90 Å². The van der Waals surface area contributed by atoms with Crippen molar-refractivity contribution in [3.63, 3.8) is 0 Å². The summed E-state index contributed by atoms with van der Waals surface area (Å²) in [7, 11) is 0. The molecule has 0 aromatic heterocycles. The number of likely N-dealkylation sites (tertiary alicyclic amines) is 1. The maximum absolute atomic E-state index is 12.9. The molecular weight excluding hydrogens is 288 g/mol. The Balaban J connectivity index is 2.41. The summed E-state index contributed by atoms with van der Waals surface area (Å²) in [5, 5.41) is 19.7. The van der Waals surface area contributed by atoms with Crippen molar-refractivity contribution in [2.75, 3.05) is 13.1 Å². The molecule has 1 atom stereocenters. The van der Waals surface area contributed by atoms with Crippen LogP contribution in [-0.2, 0) is 0 Å². The molecule has 1 fully saturated rings. The first-order chi connectivity index (χ1) is 10.8. The van der Waals surface area contributed by atoms with Gasteiger partial charge in [-0.2, -0.15) is 5.26 Å². The molecule has 0 spiro atoms. The summed E-state index contributed by atoms with van der Waals surface area (Å²) in [6, 6.07) is 6.06. The highest BCUT2D eigenvalue weighted by Crippen LogP contribution is 2.34. The largest absolute Gasteiger partial charge is 0.507 e. The Morgan fingerprint density at radius 3 is 2.57 bits per heavy atom. The summed E-state index contributed by atoms with van der Waals surface area (Å²) >= 11 is 0. The summed E-state index contributed by atoms with van der Waals surface area (Å²) < 4.78 is 0. The quantitative estimate of drug-likeness (QED) is 0.916. The van der Waals surface area contributed by atoms with Gasteiger partial charge in [-0.05, 0) is 41.9 Å². The Morgan fingerprint density at radius 1 is 1.30 bits per heavy atom. The number of phenolic OH excluding ortho intramolecular Hbond substituents is 1. The molecule has 124 valence electrons. The number of aromatic hydroxyl groups is 1. The molecule has 0 radical (unpaired) electrons. The Kier molecular flexibility index (Phi) is 5.30. The minimum absolute atomic E-state index is 0.0912. The molecule has 0 aliphatic carbocycles. The van der Waals surface area contributed by atoms with Gasteiger partial charge in [-0.25, -0.2) is 0 Å². The number of carbonyl (C=O) groups excluding carboxylic acids is 1.